The van der Waals surface area contributed by atoms with E-state index in [-0.39, 0.29) is 0 Å². The number of benzene rings is 5. The number of fused-ring (bicyclic) bond motifs is 4. The van der Waals surface area contributed by atoms with Crippen LogP contribution in [0.15, 0.2) is 133 Å². The van der Waals surface area contributed by atoms with Gasteiger partial charge in [-0.05, 0) is 35.4 Å². The van der Waals surface area contributed by atoms with Crippen LogP contribution in [0.3, 0.4) is 0 Å². The van der Waals surface area contributed by atoms with E-state index in [2.05, 4.69) is 66.7 Å². The Bertz CT molecular complexity index is 2130. The van der Waals surface area contributed by atoms with Gasteiger partial charge in [-0.25, -0.2) is 19.9 Å². The summed E-state index contributed by atoms with van der Waals surface area (Å²) in [5.74, 6) is 1.97. The number of aromatic nitrogens is 4. The highest BCUT2D eigenvalue weighted by molar-refractivity contribution is 7.25. The van der Waals surface area contributed by atoms with Gasteiger partial charge in [-0.1, -0.05) is 109 Å². The average Bonchev–Trinajstić information content (AvgIpc) is 3.41. The fraction of sp³-hybridized carbons (Fsp3) is 0. The van der Waals surface area contributed by atoms with Crippen molar-refractivity contribution in [2.24, 2.45) is 0 Å². The SMILES string of the molecule is c1ccc(-c2nc(-c3ccccc3)nc(-c3ccc(-c4ccc5sc6cc7ccccc7nc6c5c4)cc3)n2)cc1. The second-order valence-corrected chi connectivity index (χ2v) is 11.0. The summed E-state index contributed by atoms with van der Waals surface area (Å²) in [5.41, 5.74) is 7.25. The third-order valence-corrected chi connectivity index (χ3v) is 8.43. The standard InChI is InChI=1S/C36H22N4S/c1-3-9-24(10-4-1)34-38-35(25-11-5-2-6-12-25)40-36(39-34)26-17-15-23(16-18-26)27-19-20-31-29(21-27)33-32(41-31)22-28-13-7-8-14-30(28)37-33/h1-22H. The highest BCUT2D eigenvalue weighted by atomic mass is 32.1. The maximum atomic E-state index is 5.01. The molecule has 192 valence electrons. The van der Waals surface area contributed by atoms with Gasteiger partial charge in [0.1, 0.15) is 0 Å². The first kappa shape index (κ1) is 23.6. The Kier molecular flexibility index (Phi) is 5.61. The molecule has 8 rings (SSSR count). The molecule has 4 nitrogen and oxygen atoms in total. The Balaban J connectivity index is 1.20. The van der Waals surface area contributed by atoms with Crippen LogP contribution < -0.4 is 0 Å². The van der Waals surface area contributed by atoms with Gasteiger partial charge in [0.15, 0.2) is 17.5 Å². The summed E-state index contributed by atoms with van der Waals surface area (Å²) in [6, 6.07) is 45.8. The average molecular weight is 543 g/mol. The summed E-state index contributed by atoms with van der Waals surface area (Å²) < 4.78 is 2.46. The van der Waals surface area contributed by atoms with Crippen LogP contribution >= 0.6 is 11.3 Å². The number of para-hydroxylation sites is 1. The monoisotopic (exact) mass is 542 g/mol. The smallest absolute Gasteiger partial charge is 0.164 e. The van der Waals surface area contributed by atoms with Gasteiger partial charge in [0.2, 0.25) is 0 Å². The second kappa shape index (κ2) is 9.73. The Morgan fingerprint density at radius 3 is 1.59 bits per heavy atom. The van der Waals surface area contributed by atoms with E-state index in [1.165, 1.54) is 20.2 Å². The lowest BCUT2D eigenvalue weighted by Crippen LogP contribution is -2.00. The molecule has 8 aromatic rings. The van der Waals surface area contributed by atoms with Gasteiger partial charge in [-0.2, -0.15) is 0 Å². The van der Waals surface area contributed by atoms with Crippen molar-refractivity contribution < 1.29 is 0 Å². The lowest BCUT2D eigenvalue weighted by atomic mass is 10.0. The van der Waals surface area contributed by atoms with Gasteiger partial charge in [0, 0.05) is 32.2 Å². The largest absolute Gasteiger partial charge is 0.246 e. The molecule has 0 aliphatic carbocycles. The topological polar surface area (TPSA) is 51.6 Å². The molecule has 0 saturated heterocycles. The molecule has 0 aliphatic rings. The molecule has 3 aromatic heterocycles. The molecule has 0 saturated carbocycles. The highest BCUT2D eigenvalue weighted by Gasteiger charge is 2.13. The molecular weight excluding hydrogens is 520 g/mol. The number of hydrogen-bond acceptors (Lipinski definition) is 5. The fourth-order valence-corrected chi connectivity index (χ4v) is 6.30. The molecule has 5 heteroatoms. The maximum absolute atomic E-state index is 5.01. The van der Waals surface area contributed by atoms with Crippen molar-refractivity contribution in [1.29, 1.82) is 0 Å². The van der Waals surface area contributed by atoms with Gasteiger partial charge in [-0.15, -0.1) is 11.3 Å². The summed E-state index contributed by atoms with van der Waals surface area (Å²) >= 11 is 1.79. The van der Waals surface area contributed by atoms with Crippen LogP contribution in [0.4, 0.5) is 0 Å². The van der Waals surface area contributed by atoms with Crippen LogP contribution in [0.2, 0.25) is 0 Å². The summed E-state index contributed by atoms with van der Waals surface area (Å²) in [7, 11) is 0. The normalized spacial score (nSPS) is 11.4. The van der Waals surface area contributed by atoms with Crippen molar-refractivity contribution in [3.8, 4) is 45.3 Å². The number of nitrogens with zero attached hydrogens (tertiary/aromatic N) is 4. The Labute approximate surface area is 240 Å². The molecule has 0 fully saturated rings. The fourth-order valence-electron chi connectivity index (χ4n) is 5.22. The zero-order valence-electron chi connectivity index (χ0n) is 21.9. The molecule has 5 aromatic carbocycles. The number of rotatable bonds is 4. The molecule has 0 unspecified atom stereocenters. The molecule has 0 amide bonds. The van der Waals surface area contributed by atoms with E-state index in [4.69, 9.17) is 19.9 Å². The van der Waals surface area contributed by atoms with Crippen molar-refractivity contribution >= 4 is 42.5 Å². The lowest BCUT2D eigenvalue weighted by Gasteiger charge is -2.09. The lowest BCUT2D eigenvalue weighted by molar-refractivity contribution is 1.07. The van der Waals surface area contributed by atoms with Crippen LogP contribution in [0, 0.1) is 0 Å². The van der Waals surface area contributed by atoms with Crippen molar-refractivity contribution in [3.05, 3.63) is 133 Å². The minimum Gasteiger partial charge on any atom is -0.246 e. The predicted molar refractivity (Wildman–Crippen MR) is 170 cm³/mol. The summed E-state index contributed by atoms with van der Waals surface area (Å²) in [6.07, 6.45) is 0. The Morgan fingerprint density at radius 1 is 0.390 bits per heavy atom. The maximum Gasteiger partial charge on any atom is 0.164 e. The number of pyridine rings is 1. The second-order valence-electron chi connectivity index (χ2n) is 9.96. The van der Waals surface area contributed by atoms with Crippen LogP contribution in [0.5, 0.6) is 0 Å². The van der Waals surface area contributed by atoms with Crippen molar-refractivity contribution in [2.45, 2.75) is 0 Å². The van der Waals surface area contributed by atoms with Gasteiger partial charge >= 0.3 is 0 Å². The molecule has 3 heterocycles. The molecule has 0 aliphatic heterocycles. The quantitative estimate of drug-likeness (QED) is 0.222. The first-order valence-corrected chi connectivity index (χ1v) is 14.3. The van der Waals surface area contributed by atoms with Gasteiger partial charge in [-0.3, -0.25) is 0 Å². The minimum absolute atomic E-state index is 0.652. The molecular formula is C36H22N4S. The van der Waals surface area contributed by atoms with E-state index in [0.717, 1.165) is 38.9 Å². The summed E-state index contributed by atoms with van der Waals surface area (Å²) in [5, 5.41) is 2.36. The molecule has 0 radical (unpaired) electrons. The molecule has 41 heavy (non-hydrogen) atoms. The van der Waals surface area contributed by atoms with Crippen molar-refractivity contribution in [2.75, 3.05) is 0 Å². The summed E-state index contributed by atoms with van der Waals surface area (Å²) in [4.78, 5) is 19.5. The van der Waals surface area contributed by atoms with Gasteiger partial charge in [0.25, 0.3) is 0 Å². The first-order valence-electron chi connectivity index (χ1n) is 13.5. The Morgan fingerprint density at radius 2 is 0.927 bits per heavy atom. The molecule has 0 N–H and O–H groups in total. The van der Waals surface area contributed by atoms with Crippen LogP contribution in [0.25, 0.3) is 76.5 Å². The third-order valence-electron chi connectivity index (χ3n) is 7.32. The van der Waals surface area contributed by atoms with E-state index in [0.29, 0.717) is 17.5 Å². The molecule has 0 atom stereocenters. The van der Waals surface area contributed by atoms with E-state index >= 15 is 0 Å². The number of hydrogen-bond donors (Lipinski definition) is 0. The highest BCUT2D eigenvalue weighted by Crippen LogP contribution is 2.37. The zero-order valence-corrected chi connectivity index (χ0v) is 22.7. The molecule has 0 spiro atoms. The van der Waals surface area contributed by atoms with Crippen LogP contribution in [-0.4, -0.2) is 19.9 Å². The number of thiophene rings is 1. The molecule has 0 bridgehead atoms. The van der Waals surface area contributed by atoms with E-state index in [1.807, 2.05) is 66.7 Å². The third kappa shape index (κ3) is 4.33. The van der Waals surface area contributed by atoms with Crippen molar-refractivity contribution in [1.82, 2.24) is 19.9 Å². The minimum atomic E-state index is 0.652. The van der Waals surface area contributed by atoms with Crippen LogP contribution in [-0.2, 0) is 0 Å². The van der Waals surface area contributed by atoms with Gasteiger partial charge in [0.05, 0.1) is 15.7 Å². The van der Waals surface area contributed by atoms with Crippen LogP contribution in [0.1, 0.15) is 0 Å². The van der Waals surface area contributed by atoms with Gasteiger partial charge < -0.3 is 0 Å². The zero-order chi connectivity index (χ0) is 27.2. The van der Waals surface area contributed by atoms with E-state index < -0.39 is 0 Å². The Hall–Kier alpha value is -5.26. The first-order chi connectivity index (χ1) is 20.3. The predicted octanol–water partition coefficient (Wildman–Crippen LogP) is 9.46. The van der Waals surface area contributed by atoms with E-state index in [1.54, 1.807) is 11.3 Å². The summed E-state index contributed by atoms with van der Waals surface area (Å²) in [6.45, 7) is 0. The van der Waals surface area contributed by atoms with Crippen molar-refractivity contribution in [3.63, 3.8) is 0 Å². The van der Waals surface area contributed by atoms with E-state index in [9.17, 15) is 0 Å².